The van der Waals surface area contributed by atoms with Crippen molar-refractivity contribution < 1.29 is 14.3 Å². The van der Waals surface area contributed by atoms with Gasteiger partial charge in [-0.2, -0.15) is 5.26 Å². The monoisotopic (exact) mass is 560 g/mol. The van der Waals surface area contributed by atoms with E-state index in [0.29, 0.717) is 37.2 Å². The summed E-state index contributed by atoms with van der Waals surface area (Å²) in [5.74, 6) is 1.49. The number of hydrogen-bond acceptors (Lipinski definition) is 8. The van der Waals surface area contributed by atoms with Crippen LogP contribution in [0.2, 0.25) is 0 Å². The van der Waals surface area contributed by atoms with Gasteiger partial charge in [0, 0.05) is 52.0 Å². The van der Waals surface area contributed by atoms with Crippen LogP contribution in [0.4, 0.5) is 26.9 Å². The van der Waals surface area contributed by atoms with Crippen molar-refractivity contribution in [3.05, 3.63) is 41.7 Å². The number of anilines is 3. The maximum absolute atomic E-state index is 12.5. The molecule has 218 valence electrons. The van der Waals surface area contributed by atoms with Crippen molar-refractivity contribution in [2.75, 3.05) is 56.5 Å². The normalized spacial score (nSPS) is 20.3. The number of carbonyl (C=O) groups is 2. The molecular formula is C30H40N8O3. The average molecular weight is 561 g/mol. The van der Waals surface area contributed by atoms with Gasteiger partial charge in [0.05, 0.1) is 12.2 Å². The fourth-order valence-corrected chi connectivity index (χ4v) is 5.82. The zero-order valence-corrected chi connectivity index (χ0v) is 24.5. The summed E-state index contributed by atoms with van der Waals surface area (Å²) in [7, 11) is 1.84. The second-order valence-corrected chi connectivity index (χ2v) is 12.2. The molecule has 3 amide bonds. The molecule has 11 nitrogen and oxygen atoms in total. The standard InChI is InChI=1S/C30H40N8O3/c1-30(2,3)41-29(40)36-14-11-22(12-15-36)21-7-9-23(10-8-21)33-27-25(18-31)32-19-26(34-27)37-13-5-6-24(20-37)38-17-16-35(4)28(38)39/h7-10,19,22,24H,5-6,11-17,20H2,1-4H3,(H,33,34)/t24-/m1/s1. The van der Waals surface area contributed by atoms with Crippen molar-refractivity contribution in [2.45, 2.75) is 64.0 Å². The zero-order valence-electron chi connectivity index (χ0n) is 24.5. The van der Waals surface area contributed by atoms with Crippen LogP contribution < -0.4 is 10.2 Å². The van der Waals surface area contributed by atoms with Gasteiger partial charge in [-0.1, -0.05) is 12.1 Å². The second-order valence-electron chi connectivity index (χ2n) is 12.2. The quantitative estimate of drug-likeness (QED) is 0.566. The molecule has 1 N–H and O–H groups in total. The molecule has 3 saturated heterocycles. The number of likely N-dealkylation sites (tertiary alicyclic amines) is 1. The summed E-state index contributed by atoms with van der Waals surface area (Å²) in [6.07, 6.45) is 5.10. The Morgan fingerprint density at radius 1 is 1.07 bits per heavy atom. The van der Waals surface area contributed by atoms with Crippen LogP contribution in [0.15, 0.2) is 30.5 Å². The Kier molecular flexibility index (Phi) is 8.20. The highest BCUT2D eigenvalue weighted by molar-refractivity contribution is 5.76. The lowest BCUT2D eigenvalue weighted by Crippen LogP contribution is -2.49. The van der Waals surface area contributed by atoms with E-state index >= 15 is 0 Å². The molecule has 3 aliphatic heterocycles. The number of hydrogen-bond donors (Lipinski definition) is 1. The van der Waals surface area contributed by atoms with E-state index in [1.165, 1.54) is 5.56 Å². The van der Waals surface area contributed by atoms with E-state index in [1.54, 1.807) is 16.0 Å². The third-order valence-corrected chi connectivity index (χ3v) is 8.07. The number of nitrogens with zero attached hydrogens (tertiary/aromatic N) is 7. The van der Waals surface area contributed by atoms with Gasteiger partial charge in [-0.15, -0.1) is 0 Å². The summed E-state index contributed by atoms with van der Waals surface area (Å²) in [5, 5.41) is 13.0. The summed E-state index contributed by atoms with van der Waals surface area (Å²) in [5.41, 5.74) is 1.79. The van der Waals surface area contributed by atoms with Gasteiger partial charge in [0.15, 0.2) is 11.5 Å². The molecule has 3 fully saturated rings. The van der Waals surface area contributed by atoms with Gasteiger partial charge in [-0.3, -0.25) is 0 Å². The van der Waals surface area contributed by atoms with Crippen LogP contribution in [0.5, 0.6) is 0 Å². The number of nitrogens with one attached hydrogen (secondary N) is 1. The molecule has 1 atom stereocenters. The highest BCUT2D eigenvalue weighted by atomic mass is 16.6. The Bertz CT molecular complexity index is 1290. The van der Waals surface area contributed by atoms with Crippen LogP contribution >= 0.6 is 0 Å². The first-order valence-electron chi connectivity index (χ1n) is 14.5. The predicted molar refractivity (Wildman–Crippen MR) is 156 cm³/mol. The van der Waals surface area contributed by atoms with E-state index < -0.39 is 5.60 Å². The maximum Gasteiger partial charge on any atom is 0.410 e. The molecule has 0 spiro atoms. The number of amides is 3. The van der Waals surface area contributed by atoms with Crippen molar-refractivity contribution in [2.24, 2.45) is 0 Å². The topological polar surface area (TPSA) is 118 Å². The first-order chi connectivity index (χ1) is 19.6. The Morgan fingerprint density at radius 2 is 1.80 bits per heavy atom. The fraction of sp³-hybridized carbons (Fsp3) is 0.567. The largest absolute Gasteiger partial charge is 0.444 e. The molecular weight excluding hydrogens is 520 g/mol. The summed E-state index contributed by atoms with van der Waals surface area (Å²) in [4.78, 5) is 41.8. The fourth-order valence-electron chi connectivity index (χ4n) is 5.82. The van der Waals surface area contributed by atoms with Gasteiger partial charge in [-0.25, -0.2) is 19.6 Å². The third kappa shape index (κ3) is 6.64. The van der Waals surface area contributed by atoms with Crippen LogP contribution in [-0.4, -0.2) is 94.8 Å². The number of carbonyl (C=O) groups excluding carboxylic acids is 2. The van der Waals surface area contributed by atoms with Gasteiger partial charge >= 0.3 is 12.1 Å². The van der Waals surface area contributed by atoms with E-state index in [0.717, 1.165) is 51.0 Å². The summed E-state index contributed by atoms with van der Waals surface area (Å²) >= 11 is 0. The molecule has 4 heterocycles. The van der Waals surface area contributed by atoms with Gasteiger partial charge in [-0.05, 0) is 70.1 Å². The number of benzene rings is 1. The van der Waals surface area contributed by atoms with Gasteiger partial charge < -0.3 is 29.7 Å². The van der Waals surface area contributed by atoms with E-state index in [-0.39, 0.29) is 23.9 Å². The van der Waals surface area contributed by atoms with Crippen molar-refractivity contribution in [3.8, 4) is 6.07 Å². The van der Waals surface area contributed by atoms with Gasteiger partial charge in [0.2, 0.25) is 0 Å². The predicted octanol–water partition coefficient (Wildman–Crippen LogP) is 4.54. The molecule has 0 aliphatic carbocycles. The number of ether oxygens (including phenoxy) is 1. The van der Waals surface area contributed by atoms with Crippen LogP contribution in [0.1, 0.15) is 63.6 Å². The lowest BCUT2D eigenvalue weighted by atomic mass is 9.89. The number of likely N-dealkylation sites (N-methyl/N-ethyl adjacent to an activating group) is 1. The minimum atomic E-state index is -0.492. The van der Waals surface area contributed by atoms with E-state index in [9.17, 15) is 14.9 Å². The molecule has 11 heteroatoms. The number of piperidine rings is 2. The summed E-state index contributed by atoms with van der Waals surface area (Å²) in [6, 6.07) is 10.6. The first kappa shape index (κ1) is 28.5. The lowest BCUT2D eigenvalue weighted by Gasteiger charge is -2.37. The molecule has 0 radical (unpaired) electrons. The molecule has 0 unspecified atom stereocenters. The molecule has 1 aromatic heterocycles. The molecule has 1 aromatic carbocycles. The summed E-state index contributed by atoms with van der Waals surface area (Å²) in [6.45, 7) is 10.0. The maximum atomic E-state index is 12.5. The van der Waals surface area contributed by atoms with Crippen LogP contribution in [0.25, 0.3) is 0 Å². The Morgan fingerprint density at radius 3 is 2.44 bits per heavy atom. The lowest BCUT2D eigenvalue weighted by molar-refractivity contribution is 0.0205. The molecule has 0 bridgehead atoms. The molecule has 2 aromatic rings. The SMILES string of the molecule is CN1CCN([C@@H]2CCCN(c3cnc(C#N)c(Nc4ccc(C5CCN(C(=O)OC(C)(C)C)CC5)cc4)n3)C2)C1=O. The number of aromatic nitrogens is 2. The second kappa shape index (κ2) is 11.8. The van der Waals surface area contributed by atoms with Gasteiger partial charge in [0.1, 0.15) is 17.5 Å². The van der Waals surface area contributed by atoms with Gasteiger partial charge in [0.25, 0.3) is 0 Å². The third-order valence-electron chi connectivity index (χ3n) is 8.07. The molecule has 41 heavy (non-hydrogen) atoms. The van der Waals surface area contributed by atoms with E-state index in [1.807, 2.05) is 44.9 Å². The van der Waals surface area contributed by atoms with Crippen molar-refractivity contribution in [1.82, 2.24) is 24.7 Å². The number of nitriles is 1. The highest BCUT2D eigenvalue weighted by Gasteiger charge is 2.34. The first-order valence-corrected chi connectivity index (χ1v) is 14.5. The number of rotatable bonds is 5. The van der Waals surface area contributed by atoms with E-state index in [2.05, 4.69) is 33.4 Å². The average Bonchev–Trinajstić information content (AvgIpc) is 3.30. The minimum Gasteiger partial charge on any atom is -0.444 e. The smallest absolute Gasteiger partial charge is 0.410 e. The van der Waals surface area contributed by atoms with Crippen LogP contribution in [0, 0.1) is 11.3 Å². The van der Waals surface area contributed by atoms with Crippen LogP contribution in [0.3, 0.4) is 0 Å². The summed E-state index contributed by atoms with van der Waals surface area (Å²) < 4.78 is 5.52. The Labute approximate surface area is 242 Å². The molecule has 0 saturated carbocycles. The Balaban J connectivity index is 1.22. The zero-order chi connectivity index (χ0) is 29.1. The highest BCUT2D eigenvalue weighted by Crippen LogP contribution is 2.31. The Hall–Kier alpha value is -4.07. The molecule has 5 rings (SSSR count). The molecule has 3 aliphatic rings. The minimum absolute atomic E-state index is 0.0853. The van der Waals surface area contributed by atoms with Crippen molar-refractivity contribution in [1.29, 1.82) is 5.26 Å². The van der Waals surface area contributed by atoms with Crippen molar-refractivity contribution in [3.63, 3.8) is 0 Å². The van der Waals surface area contributed by atoms with Crippen LogP contribution in [-0.2, 0) is 4.74 Å². The number of urea groups is 1. The van der Waals surface area contributed by atoms with E-state index in [4.69, 9.17) is 9.72 Å². The van der Waals surface area contributed by atoms with Crippen molar-refractivity contribution >= 4 is 29.4 Å².